The quantitative estimate of drug-likeness (QED) is 0.594. The first-order valence-electron chi connectivity index (χ1n) is 5.89. The summed E-state index contributed by atoms with van der Waals surface area (Å²) in [6.07, 6.45) is 0.217. The Labute approximate surface area is 113 Å². The molecule has 6 heteroatoms. The van der Waals surface area contributed by atoms with Crippen LogP contribution in [-0.2, 0) is 20.0 Å². The van der Waals surface area contributed by atoms with E-state index in [1.165, 1.54) is 14.2 Å². The second-order valence-electron chi connectivity index (χ2n) is 4.11. The van der Waals surface area contributed by atoms with Crippen molar-refractivity contribution in [2.24, 2.45) is 0 Å². The normalized spacial score (nSPS) is 13.7. The predicted molar refractivity (Wildman–Crippen MR) is 73.2 cm³/mol. The number of hydrogen-bond acceptors (Lipinski definition) is 5. The van der Waals surface area contributed by atoms with Crippen molar-refractivity contribution in [3.63, 3.8) is 0 Å². The molecule has 19 heavy (non-hydrogen) atoms. The second kappa shape index (κ2) is 6.73. The molecular weight excluding hydrogens is 267 g/mol. The van der Waals surface area contributed by atoms with Crippen LogP contribution in [0.3, 0.4) is 0 Å². The maximum Gasteiger partial charge on any atom is 0.337 e. The molecule has 0 aliphatic rings. The van der Waals surface area contributed by atoms with Crippen LogP contribution in [0.4, 0.5) is 0 Å². The van der Waals surface area contributed by atoms with Gasteiger partial charge in [0.15, 0.2) is 0 Å². The molecule has 1 aromatic rings. The number of hydrogen-bond donors (Lipinski definition) is 0. The second-order valence-corrected chi connectivity index (χ2v) is 6.71. The van der Waals surface area contributed by atoms with E-state index in [9.17, 15) is 9.36 Å². The van der Waals surface area contributed by atoms with Crippen molar-refractivity contribution < 1.29 is 23.4 Å². The molecular formula is C13H19O5P. The molecule has 0 bridgehead atoms. The van der Waals surface area contributed by atoms with Gasteiger partial charge >= 0.3 is 5.97 Å². The summed E-state index contributed by atoms with van der Waals surface area (Å²) in [5.74, 6) is 0.140. The first-order valence-corrected chi connectivity index (χ1v) is 8.15. The van der Waals surface area contributed by atoms with E-state index >= 15 is 0 Å². The summed E-state index contributed by atoms with van der Waals surface area (Å²) in [6.45, 7) is 3.74. The standard InChI is InChI=1S/C13H19O5P/c1-5-18-19(4,15)9-11-8-10(13(14)17-3)6-7-12(11)16-2/h6-8H,5,9H2,1-4H3. The van der Waals surface area contributed by atoms with Crippen LogP contribution in [0.1, 0.15) is 22.8 Å². The zero-order valence-corrected chi connectivity index (χ0v) is 12.5. The van der Waals surface area contributed by atoms with Gasteiger partial charge in [-0.3, -0.25) is 4.57 Å². The molecule has 1 unspecified atom stereocenters. The van der Waals surface area contributed by atoms with Crippen LogP contribution in [0, 0.1) is 0 Å². The summed E-state index contributed by atoms with van der Waals surface area (Å²) < 4.78 is 27.3. The summed E-state index contributed by atoms with van der Waals surface area (Å²) in [5, 5.41) is 0. The van der Waals surface area contributed by atoms with Crippen LogP contribution in [0.25, 0.3) is 0 Å². The predicted octanol–water partition coefficient (Wildman–Crippen LogP) is 2.93. The maximum atomic E-state index is 12.2. The maximum absolute atomic E-state index is 12.2. The van der Waals surface area contributed by atoms with Gasteiger partial charge in [-0.15, -0.1) is 0 Å². The molecule has 0 amide bonds. The molecule has 0 saturated heterocycles. The minimum Gasteiger partial charge on any atom is -0.496 e. The third-order valence-electron chi connectivity index (χ3n) is 2.56. The summed E-state index contributed by atoms with van der Waals surface area (Å²) in [7, 11) is 0.0971. The Balaban J connectivity index is 3.09. The van der Waals surface area contributed by atoms with Crippen LogP contribution >= 0.6 is 7.37 Å². The van der Waals surface area contributed by atoms with Crippen molar-refractivity contribution in [1.82, 2.24) is 0 Å². The van der Waals surface area contributed by atoms with E-state index in [-0.39, 0.29) is 6.16 Å². The molecule has 1 rings (SSSR count). The molecule has 0 N–H and O–H groups in total. The highest BCUT2D eigenvalue weighted by Crippen LogP contribution is 2.47. The van der Waals surface area contributed by atoms with E-state index < -0.39 is 13.3 Å². The van der Waals surface area contributed by atoms with Gasteiger partial charge in [0.1, 0.15) is 5.75 Å². The van der Waals surface area contributed by atoms with E-state index in [4.69, 9.17) is 9.26 Å². The fourth-order valence-electron chi connectivity index (χ4n) is 1.78. The molecule has 5 nitrogen and oxygen atoms in total. The summed E-state index contributed by atoms with van der Waals surface area (Å²) in [4.78, 5) is 11.5. The Kier molecular flexibility index (Phi) is 5.58. The Bertz CT molecular complexity index is 498. The van der Waals surface area contributed by atoms with Crippen LogP contribution in [0.15, 0.2) is 18.2 Å². The summed E-state index contributed by atoms with van der Waals surface area (Å²) in [5.41, 5.74) is 1.07. The van der Waals surface area contributed by atoms with E-state index in [0.717, 1.165) is 0 Å². The van der Waals surface area contributed by atoms with E-state index in [2.05, 4.69) is 4.74 Å². The lowest BCUT2D eigenvalue weighted by Crippen LogP contribution is -2.03. The van der Waals surface area contributed by atoms with Crippen molar-refractivity contribution >= 4 is 13.3 Å². The first kappa shape index (κ1) is 15.7. The third-order valence-corrected chi connectivity index (χ3v) is 4.28. The van der Waals surface area contributed by atoms with Gasteiger partial charge < -0.3 is 14.0 Å². The van der Waals surface area contributed by atoms with Crippen molar-refractivity contribution in [2.75, 3.05) is 27.5 Å². The number of carbonyl (C=O) groups excluding carboxylic acids is 1. The van der Waals surface area contributed by atoms with Gasteiger partial charge in [0.05, 0.1) is 32.6 Å². The highest BCUT2D eigenvalue weighted by molar-refractivity contribution is 7.57. The Morgan fingerprint density at radius 1 is 1.32 bits per heavy atom. The van der Waals surface area contributed by atoms with Gasteiger partial charge in [0, 0.05) is 12.2 Å². The molecule has 0 aliphatic carbocycles. The van der Waals surface area contributed by atoms with Crippen molar-refractivity contribution in [3.05, 3.63) is 29.3 Å². The minimum atomic E-state index is -2.75. The fourth-order valence-corrected chi connectivity index (χ4v) is 3.28. The molecule has 0 heterocycles. The summed E-state index contributed by atoms with van der Waals surface area (Å²) >= 11 is 0. The number of esters is 1. The largest absolute Gasteiger partial charge is 0.496 e. The van der Waals surface area contributed by atoms with Crippen LogP contribution in [-0.4, -0.2) is 33.5 Å². The van der Waals surface area contributed by atoms with E-state index in [1.807, 2.05) is 0 Å². The number of methoxy groups -OCH3 is 2. The van der Waals surface area contributed by atoms with Gasteiger partial charge in [-0.05, 0) is 25.1 Å². The van der Waals surface area contributed by atoms with Crippen molar-refractivity contribution in [3.8, 4) is 5.75 Å². The molecule has 1 aromatic carbocycles. The first-order chi connectivity index (χ1) is 8.93. The van der Waals surface area contributed by atoms with Gasteiger partial charge in [-0.1, -0.05) is 0 Å². The molecule has 0 aliphatic heterocycles. The van der Waals surface area contributed by atoms with Gasteiger partial charge in [-0.25, -0.2) is 4.79 Å². The number of carbonyl (C=O) groups is 1. The molecule has 0 saturated carbocycles. The molecule has 0 spiro atoms. The van der Waals surface area contributed by atoms with Crippen LogP contribution in [0.2, 0.25) is 0 Å². The zero-order chi connectivity index (χ0) is 14.5. The minimum absolute atomic E-state index is 0.217. The Hall–Kier alpha value is -1.32. The lowest BCUT2D eigenvalue weighted by Gasteiger charge is -2.15. The topological polar surface area (TPSA) is 61.8 Å². The smallest absolute Gasteiger partial charge is 0.337 e. The zero-order valence-electron chi connectivity index (χ0n) is 11.6. The number of benzene rings is 1. The molecule has 0 radical (unpaired) electrons. The van der Waals surface area contributed by atoms with Gasteiger partial charge in [0.25, 0.3) is 0 Å². The van der Waals surface area contributed by atoms with Crippen LogP contribution < -0.4 is 4.74 Å². The van der Waals surface area contributed by atoms with Gasteiger partial charge in [0.2, 0.25) is 7.37 Å². The average Bonchev–Trinajstić information content (AvgIpc) is 2.37. The fraction of sp³-hybridized carbons (Fsp3) is 0.462. The molecule has 0 aromatic heterocycles. The summed E-state index contributed by atoms with van der Waals surface area (Å²) in [6, 6.07) is 4.89. The average molecular weight is 286 g/mol. The SMILES string of the molecule is CCOP(C)(=O)Cc1cc(C(=O)OC)ccc1OC. The van der Waals surface area contributed by atoms with Crippen molar-refractivity contribution in [2.45, 2.75) is 13.1 Å². The molecule has 0 fully saturated rings. The number of ether oxygens (including phenoxy) is 2. The Morgan fingerprint density at radius 2 is 2.00 bits per heavy atom. The molecule has 106 valence electrons. The third kappa shape index (κ3) is 4.37. The van der Waals surface area contributed by atoms with Crippen molar-refractivity contribution in [1.29, 1.82) is 0 Å². The monoisotopic (exact) mass is 286 g/mol. The highest BCUT2D eigenvalue weighted by Gasteiger charge is 2.20. The lowest BCUT2D eigenvalue weighted by atomic mass is 10.1. The van der Waals surface area contributed by atoms with E-state index in [1.54, 1.807) is 31.8 Å². The van der Waals surface area contributed by atoms with Crippen LogP contribution in [0.5, 0.6) is 5.75 Å². The van der Waals surface area contributed by atoms with E-state index in [0.29, 0.717) is 23.5 Å². The molecule has 1 atom stereocenters. The van der Waals surface area contributed by atoms with Gasteiger partial charge in [-0.2, -0.15) is 0 Å². The Morgan fingerprint density at radius 3 is 2.53 bits per heavy atom. The highest BCUT2D eigenvalue weighted by atomic mass is 31.2. The number of rotatable bonds is 6. The lowest BCUT2D eigenvalue weighted by molar-refractivity contribution is 0.0600.